The van der Waals surface area contributed by atoms with Gasteiger partial charge in [0.25, 0.3) is 0 Å². The van der Waals surface area contributed by atoms with E-state index in [4.69, 9.17) is 4.42 Å². The number of hydrogen-bond donors (Lipinski definition) is 0. The van der Waals surface area contributed by atoms with Gasteiger partial charge in [-0.2, -0.15) is 0 Å². The van der Waals surface area contributed by atoms with E-state index >= 15 is 0 Å². The summed E-state index contributed by atoms with van der Waals surface area (Å²) < 4.78 is 4.99. The van der Waals surface area contributed by atoms with E-state index in [-0.39, 0.29) is 11.2 Å². The van der Waals surface area contributed by atoms with E-state index in [1.807, 2.05) is 0 Å². The van der Waals surface area contributed by atoms with E-state index in [0.717, 1.165) is 18.4 Å². The maximum atomic E-state index is 12.4. The molecule has 1 aromatic rings. The molecule has 2 heteroatoms. The summed E-state index contributed by atoms with van der Waals surface area (Å²) in [5.74, 6) is 0.135. The molecular formula is C14H18O2. The van der Waals surface area contributed by atoms with E-state index in [1.165, 1.54) is 18.3 Å². The summed E-state index contributed by atoms with van der Waals surface area (Å²) in [5.41, 5.74) is 2.89. The molecule has 0 N–H and O–H groups in total. The SMILES string of the molecule is CC1=C(C(=O)c2ccoc2)C(C)(C)CCC1. The van der Waals surface area contributed by atoms with E-state index in [1.54, 1.807) is 12.3 Å². The molecule has 0 spiro atoms. The second kappa shape index (κ2) is 3.93. The molecule has 0 radical (unpaired) electrons. The second-order valence-corrected chi connectivity index (χ2v) is 5.23. The average Bonchev–Trinajstić information content (AvgIpc) is 2.68. The van der Waals surface area contributed by atoms with Gasteiger partial charge in [0.2, 0.25) is 0 Å². The Morgan fingerprint density at radius 1 is 1.44 bits per heavy atom. The van der Waals surface area contributed by atoms with Gasteiger partial charge in [-0.15, -0.1) is 0 Å². The van der Waals surface area contributed by atoms with Crippen molar-refractivity contribution in [2.75, 3.05) is 0 Å². The zero-order valence-corrected chi connectivity index (χ0v) is 10.2. The predicted molar refractivity (Wildman–Crippen MR) is 63.4 cm³/mol. The van der Waals surface area contributed by atoms with Crippen molar-refractivity contribution in [3.63, 3.8) is 0 Å². The van der Waals surface area contributed by atoms with Crippen molar-refractivity contribution in [2.24, 2.45) is 5.41 Å². The molecule has 16 heavy (non-hydrogen) atoms. The number of Topliss-reactive ketones (excluding diaryl/α,β-unsaturated/α-hetero) is 1. The van der Waals surface area contributed by atoms with Crippen molar-refractivity contribution in [1.29, 1.82) is 0 Å². The van der Waals surface area contributed by atoms with Gasteiger partial charge >= 0.3 is 0 Å². The molecule has 2 nitrogen and oxygen atoms in total. The van der Waals surface area contributed by atoms with Gasteiger partial charge in [0.05, 0.1) is 11.8 Å². The molecule has 1 heterocycles. The quantitative estimate of drug-likeness (QED) is 0.702. The van der Waals surface area contributed by atoms with Gasteiger partial charge in [-0.3, -0.25) is 4.79 Å². The lowest BCUT2D eigenvalue weighted by atomic mass is 9.70. The number of carbonyl (C=O) groups is 1. The van der Waals surface area contributed by atoms with Crippen LogP contribution < -0.4 is 0 Å². The standard InChI is InChI=1S/C14H18O2/c1-10-5-4-7-14(2,3)12(10)13(15)11-6-8-16-9-11/h6,8-9H,4-5,7H2,1-3H3. The fourth-order valence-electron chi connectivity index (χ4n) is 2.66. The largest absolute Gasteiger partial charge is 0.472 e. The van der Waals surface area contributed by atoms with E-state index < -0.39 is 0 Å². The smallest absolute Gasteiger partial charge is 0.192 e. The zero-order chi connectivity index (χ0) is 11.8. The highest BCUT2D eigenvalue weighted by Gasteiger charge is 2.33. The van der Waals surface area contributed by atoms with Gasteiger partial charge in [0.1, 0.15) is 6.26 Å². The molecule has 0 saturated heterocycles. The zero-order valence-electron chi connectivity index (χ0n) is 10.2. The van der Waals surface area contributed by atoms with Gasteiger partial charge < -0.3 is 4.42 Å². The van der Waals surface area contributed by atoms with Gasteiger partial charge in [-0.05, 0) is 37.7 Å². The minimum atomic E-state index is -0.00329. The number of ketones is 1. The molecule has 0 bridgehead atoms. The summed E-state index contributed by atoms with van der Waals surface area (Å²) in [7, 11) is 0. The number of furan rings is 1. The van der Waals surface area contributed by atoms with Crippen molar-refractivity contribution < 1.29 is 9.21 Å². The van der Waals surface area contributed by atoms with Crippen LogP contribution in [0.3, 0.4) is 0 Å². The Hall–Kier alpha value is -1.31. The van der Waals surface area contributed by atoms with Crippen LogP contribution in [-0.4, -0.2) is 5.78 Å². The van der Waals surface area contributed by atoms with E-state index in [2.05, 4.69) is 20.8 Å². The average molecular weight is 218 g/mol. The maximum Gasteiger partial charge on any atom is 0.192 e. The Morgan fingerprint density at radius 2 is 2.19 bits per heavy atom. The lowest BCUT2D eigenvalue weighted by Gasteiger charge is -2.33. The first-order valence-electron chi connectivity index (χ1n) is 5.79. The monoisotopic (exact) mass is 218 g/mol. The molecule has 0 fully saturated rings. The number of rotatable bonds is 2. The van der Waals surface area contributed by atoms with Crippen LogP contribution in [0, 0.1) is 5.41 Å². The van der Waals surface area contributed by atoms with Crippen LogP contribution in [0.25, 0.3) is 0 Å². The molecular weight excluding hydrogens is 200 g/mol. The Balaban J connectivity index is 2.42. The molecule has 0 unspecified atom stereocenters. The third-order valence-corrected chi connectivity index (χ3v) is 3.47. The minimum absolute atomic E-state index is 0.00329. The Kier molecular flexibility index (Phi) is 2.75. The lowest BCUT2D eigenvalue weighted by molar-refractivity contribution is 0.0997. The molecule has 1 aromatic heterocycles. The Bertz CT molecular complexity index is 422. The summed E-state index contributed by atoms with van der Waals surface area (Å²) in [5, 5.41) is 0. The van der Waals surface area contributed by atoms with Crippen LogP contribution in [0.15, 0.2) is 34.2 Å². The minimum Gasteiger partial charge on any atom is -0.472 e. The van der Waals surface area contributed by atoms with Gasteiger partial charge in [-0.1, -0.05) is 19.4 Å². The first-order chi connectivity index (χ1) is 7.52. The van der Waals surface area contributed by atoms with Crippen molar-refractivity contribution in [1.82, 2.24) is 0 Å². The summed E-state index contributed by atoms with van der Waals surface area (Å²) in [6.07, 6.45) is 6.40. The van der Waals surface area contributed by atoms with Crippen LogP contribution in [-0.2, 0) is 0 Å². The molecule has 0 amide bonds. The number of allylic oxidation sites excluding steroid dienone is 2. The summed E-state index contributed by atoms with van der Waals surface area (Å²) >= 11 is 0. The lowest BCUT2D eigenvalue weighted by Crippen LogP contribution is -2.26. The van der Waals surface area contributed by atoms with Gasteiger partial charge in [0.15, 0.2) is 5.78 Å². The predicted octanol–water partition coefficient (Wildman–Crippen LogP) is 3.99. The number of hydrogen-bond acceptors (Lipinski definition) is 2. The molecule has 2 rings (SSSR count). The molecule has 0 aromatic carbocycles. The first kappa shape index (κ1) is 11.2. The normalized spacial score (nSPS) is 19.9. The van der Waals surface area contributed by atoms with Crippen molar-refractivity contribution in [3.8, 4) is 0 Å². The third kappa shape index (κ3) is 1.84. The topological polar surface area (TPSA) is 30.2 Å². The fraction of sp³-hybridized carbons (Fsp3) is 0.500. The summed E-state index contributed by atoms with van der Waals surface area (Å²) in [6.45, 7) is 6.39. The van der Waals surface area contributed by atoms with Crippen molar-refractivity contribution >= 4 is 5.78 Å². The molecule has 0 aliphatic heterocycles. The van der Waals surface area contributed by atoms with Crippen LogP contribution in [0.1, 0.15) is 50.4 Å². The van der Waals surface area contributed by atoms with Crippen LogP contribution >= 0.6 is 0 Å². The van der Waals surface area contributed by atoms with Crippen molar-refractivity contribution in [3.05, 3.63) is 35.3 Å². The molecule has 0 atom stereocenters. The highest BCUT2D eigenvalue weighted by atomic mass is 16.3. The highest BCUT2D eigenvalue weighted by molar-refractivity contribution is 6.09. The fourth-order valence-corrected chi connectivity index (χ4v) is 2.66. The van der Waals surface area contributed by atoms with Crippen LogP contribution in [0.4, 0.5) is 0 Å². The Morgan fingerprint density at radius 3 is 2.75 bits per heavy atom. The highest BCUT2D eigenvalue weighted by Crippen LogP contribution is 2.41. The third-order valence-electron chi connectivity index (χ3n) is 3.47. The van der Waals surface area contributed by atoms with E-state index in [0.29, 0.717) is 5.56 Å². The van der Waals surface area contributed by atoms with Crippen LogP contribution in [0.2, 0.25) is 0 Å². The summed E-state index contributed by atoms with van der Waals surface area (Å²) in [6, 6.07) is 1.74. The molecule has 1 aliphatic carbocycles. The van der Waals surface area contributed by atoms with E-state index in [9.17, 15) is 4.79 Å². The van der Waals surface area contributed by atoms with Crippen molar-refractivity contribution in [2.45, 2.75) is 40.0 Å². The molecule has 1 aliphatic rings. The van der Waals surface area contributed by atoms with Crippen LogP contribution in [0.5, 0.6) is 0 Å². The molecule has 0 saturated carbocycles. The maximum absolute atomic E-state index is 12.4. The van der Waals surface area contributed by atoms with Gasteiger partial charge in [0, 0.05) is 5.57 Å². The second-order valence-electron chi connectivity index (χ2n) is 5.23. The summed E-state index contributed by atoms with van der Waals surface area (Å²) in [4.78, 5) is 12.4. The Labute approximate surface area is 96.3 Å². The number of carbonyl (C=O) groups excluding carboxylic acids is 1. The molecule has 86 valence electrons. The first-order valence-corrected chi connectivity index (χ1v) is 5.79. The van der Waals surface area contributed by atoms with Gasteiger partial charge in [-0.25, -0.2) is 0 Å².